The van der Waals surface area contributed by atoms with E-state index < -0.39 is 9.84 Å². The number of nitrogens with zero attached hydrogens (tertiary/aromatic N) is 5. The number of hydrogen-bond donors (Lipinski definition) is 0. The Morgan fingerprint density at radius 3 is 2.59 bits per heavy atom. The van der Waals surface area contributed by atoms with Gasteiger partial charge in [-0.05, 0) is 18.1 Å². The number of piperazine rings is 1. The summed E-state index contributed by atoms with van der Waals surface area (Å²) in [6.07, 6.45) is 5.74. The molecule has 4 rings (SSSR count). The van der Waals surface area contributed by atoms with Gasteiger partial charge in [0.2, 0.25) is 5.91 Å². The van der Waals surface area contributed by atoms with E-state index in [0.717, 1.165) is 5.56 Å². The van der Waals surface area contributed by atoms with Gasteiger partial charge in [0.15, 0.2) is 9.84 Å². The fraction of sp³-hybridized carbons (Fsp3) is 0.450. The van der Waals surface area contributed by atoms with Crippen molar-refractivity contribution in [2.24, 2.45) is 0 Å². The summed E-state index contributed by atoms with van der Waals surface area (Å²) in [5.41, 5.74) is 1.78. The Bertz CT molecular complexity index is 979. The van der Waals surface area contributed by atoms with Gasteiger partial charge in [-0.15, -0.1) is 5.10 Å². The molecule has 2 aliphatic heterocycles. The predicted molar refractivity (Wildman–Crippen MR) is 110 cm³/mol. The maximum absolute atomic E-state index is 12.5. The van der Waals surface area contributed by atoms with Crippen LogP contribution in [0.15, 0.2) is 42.6 Å². The van der Waals surface area contributed by atoms with Gasteiger partial charge >= 0.3 is 0 Å². The number of hydrogen-bond acceptors (Lipinski definition) is 6. The van der Waals surface area contributed by atoms with Crippen molar-refractivity contribution in [1.29, 1.82) is 0 Å². The second kappa shape index (κ2) is 8.46. The van der Waals surface area contributed by atoms with Crippen LogP contribution in [0.3, 0.4) is 0 Å². The van der Waals surface area contributed by atoms with Crippen LogP contribution in [0, 0.1) is 0 Å². The van der Waals surface area contributed by atoms with Crippen LogP contribution in [0.4, 0.5) is 0 Å². The van der Waals surface area contributed by atoms with Crippen molar-refractivity contribution in [3.63, 3.8) is 0 Å². The summed E-state index contributed by atoms with van der Waals surface area (Å²) in [6.45, 7) is 3.29. The van der Waals surface area contributed by atoms with Crippen molar-refractivity contribution in [2.45, 2.75) is 19.0 Å². The van der Waals surface area contributed by atoms with Crippen molar-refractivity contribution in [1.82, 2.24) is 24.8 Å². The second-order valence-electron chi connectivity index (χ2n) is 7.58. The number of carbonyl (C=O) groups excluding carboxylic acids is 1. The van der Waals surface area contributed by atoms with E-state index in [9.17, 15) is 13.2 Å². The lowest BCUT2D eigenvalue weighted by Gasteiger charge is -2.37. The molecule has 0 spiro atoms. The summed E-state index contributed by atoms with van der Waals surface area (Å²) < 4.78 is 25.1. The van der Waals surface area contributed by atoms with Crippen molar-refractivity contribution in [2.75, 3.05) is 37.7 Å². The van der Waals surface area contributed by atoms with Crippen LogP contribution >= 0.6 is 0 Å². The van der Waals surface area contributed by atoms with Gasteiger partial charge in [0.05, 0.1) is 24.2 Å². The fourth-order valence-electron chi connectivity index (χ4n) is 3.87. The van der Waals surface area contributed by atoms with Gasteiger partial charge in [-0.1, -0.05) is 35.5 Å². The van der Waals surface area contributed by atoms with E-state index in [1.807, 2.05) is 36.5 Å². The molecule has 0 saturated carbocycles. The molecule has 1 aromatic carbocycles. The highest BCUT2D eigenvalue weighted by molar-refractivity contribution is 7.91. The van der Waals surface area contributed by atoms with E-state index in [0.29, 0.717) is 44.8 Å². The monoisotopic (exact) mass is 415 g/mol. The summed E-state index contributed by atoms with van der Waals surface area (Å²) in [5.74, 6) is 0.477. The minimum absolute atomic E-state index is 0.0543. The Morgan fingerprint density at radius 2 is 1.90 bits per heavy atom. The standard InChI is InChI=1S/C20H25N5O3S/c26-20(24-11-9-23(10-12-24)19-8-13-29(27,28)16-19)7-6-18-15-25(22-21-18)14-17-4-2-1-3-5-17/h1-7,15,19H,8-14,16H2. The van der Waals surface area contributed by atoms with Crippen LogP contribution < -0.4 is 0 Å². The Morgan fingerprint density at radius 1 is 1.14 bits per heavy atom. The highest BCUT2D eigenvalue weighted by Crippen LogP contribution is 2.19. The third-order valence-electron chi connectivity index (χ3n) is 5.49. The molecular weight excluding hydrogens is 390 g/mol. The second-order valence-corrected chi connectivity index (χ2v) is 9.81. The van der Waals surface area contributed by atoms with Crippen molar-refractivity contribution >= 4 is 21.8 Å². The molecule has 0 aliphatic carbocycles. The van der Waals surface area contributed by atoms with Crippen molar-refractivity contribution in [3.05, 3.63) is 53.9 Å². The average Bonchev–Trinajstić information content (AvgIpc) is 3.33. The van der Waals surface area contributed by atoms with E-state index >= 15 is 0 Å². The third-order valence-corrected chi connectivity index (χ3v) is 7.24. The van der Waals surface area contributed by atoms with Crippen LogP contribution in [0.2, 0.25) is 0 Å². The van der Waals surface area contributed by atoms with Crippen LogP contribution in [-0.4, -0.2) is 82.8 Å². The quantitative estimate of drug-likeness (QED) is 0.667. The van der Waals surface area contributed by atoms with E-state index in [-0.39, 0.29) is 23.5 Å². The molecule has 0 radical (unpaired) electrons. The minimum atomic E-state index is -2.88. The highest BCUT2D eigenvalue weighted by atomic mass is 32.2. The maximum atomic E-state index is 12.5. The maximum Gasteiger partial charge on any atom is 0.246 e. The summed E-state index contributed by atoms with van der Waals surface area (Å²) in [7, 11) is -2.88. The summed E-state index contributed by atoms with van der Waals surface area (Å²) in [5, 5.41) is 8.20. The lowest BCUT2D eigenvalue weighted by Crippen LogP contribution is -2.52. The Kier molecular flexibility index (Phi) is 5.77. The molecule has 154 valence electrons. The molecule has 2 fully saturated rings. The molecule has 1 atom stereocenters. The van der Waals surface area contributed by atoms with Crippen LogP contribution in [-0.2, 0) is 21.2 Å². The third kappa shape index (κ3) is 5.10. The van der Waals surface area contributed by atoms with Crippen LogP contribution in [0.5, 0.6) is 0 Å². The van der Waals surface area contributed by atoms with Gasteiger partial charge in [0.1, 0.15) is 5.69 Å². The van der Waals surface area contributed by atoms with Gasteiger partial charge in [-0.25, -0.2) is 13.1 Å². The smallest absolute Gasteiger partial charge is 0.246 e. The molecule has 2 saturated heterocycles. The molecule has 1 unspecified atom stereocenters. The summed E-state index contributed by atoms with van der Waals surface area (Å²) in [4.78, 5) is 16.5. The Labute approximate surface area is 170 Å². The molecule has 29 heavy (non-hydrogen) atoms. The lowest BCUT2D eigenvalue weighted by atomic mass is 10.2. The minimum Gasteiger partial charge on any atom is -0.337 e. The SMILES string of the molecule is O=C(C=Cc1cn(Cc2ccccc2)nn1)N1CCN(C2CCS(=O)(=O)C2)CC1. The summed E-state index contributed by atoms with van der Waals surface area (Å²) >= 11 is 0. The predicted octanol–water partition coefficient (Wildman–Crippen LogP) is 0.671. The van der Waals surface area contributed by atoms with E-state index in [1.54, 1.807) is 15.7 Å². The number of sulfone groups is 1. The highest BCUT2D eigenvalue weighted by Gasteiger charge is 2.34. The molecule has 0 bridgehead atoms. The number of carbonyl (C=O) groups is 1. The first-order valence-corrected chi connectivity index (χ1v) is 11.7. The zero-order valence-corrected chi connectivity index (χ0v) is 17.0. The number of benzene rings is 1. The fourth-order valence-corrected chi connectivity index (χ4v) is 5.63. The molecule has 1 aromatic heterocycles. The Hall–Kier alpha value is -2.52. The van der Waals surface area contributed by atoms with E-state index in [4.69, 9.17) is 0 Å². The molecule has 2 aromatic rings. The average molecular weight is 416 g/mol. The zero-order chi connectivity index (χ0) is 20.3. The molecule has 1 amide bonds. The van der Waals surface area contributed by atoms with Crippen molar-refractivity contribution < 1.29 is 13.2 Å². The molecule has 0 N–H and O–H groups in total. The molecular formula is C20H25N5O3S. The van der Waals surface area contributed by atoms with Gasteiger partial charge < -0.3 is 4.90 Å². The summed E-state index contributed by atoms with van der Waals surface area (Å²) in [6, 6.07) is 10.1. The first-order chi connectivity index (χ1) is 14.0. The van der Waals surface area contributed by atoms with Gasteiger partial charge in [-0.3, -0.25) is 9.69 Å². The number of amides is 1. The number of aromatic nitrogens is 3. The largest absolute Gasteiger partial charge is 0.337 e. The normalized spacial score (nSPS) is 22.3. The lowest BCUT2D eigenvalue weighted by molar-refractivity contribution is -0.127. The van der Waals surface area contributed by atoms with Gasteiger partial charge in [0, 0.05) is 38.3 Å². The van der Waals surface area contributed by atoms with Gasteiger partial charge in [-0.2, -0.15) is 0 Å². The molecule has 9 heteroatoms. The number of rotatable bonds is 5. The van der Waals surface area contributed by atoms with Gasteiger partial charge in [0.25, 0.3) is 0 Å². The van der Waals surface area contributed by atoms with Crippen LogP contribution in [0.1, 0.15) is 17.7 Å². The van der Waals surface area contributed by atoms with Crippen molar-refractivity contribution in [3.8, 4) is 0 Å². The molecule has 3 heterocycles. The van der Waals surface area contributed by atoms with E-state index in [2.05, 4.69) is 15.2 Å². The van der Waals surface area contributed by atoms with E-state index in [1.165, 1.54) is 6.08 Å². The van der Waals surface area contributed by atoms with Crippen LogP contribution in [0.25, 0.3) is 6.08 Å². The molecule has 8 nitrogen and oxygen atoms in total. The first kappa shape index (κ1) is 19.8. The molecule has 2 aliphatic rings. The first-order valence-electron chi connectivity index (χ1n) is 9.84. The zero-order valence-electron chi connectivity index (χ0n) is 16.2. The Balaban J connectivity index is 1.27. The topological polar surface area (TPSA) is 88.4 Å².